The highest BCUT2D eigenvalue weighted by molar-refractivity contribution is 5.48. The van der Waals surface area contributed by atoms with Crippen molar-refractivity contribution < 1.29 is 4.74 Å². The van der Waals surface area contributed by atoms with E-state index in [0.29, 0.717) is 12.5 Å². The maximum absolute atomic E-state index is 5.84. The fourth-order valence-corrected chi connectivity index (χ4v) is 5.47. The van der Waals surface area contributed by atoms with E-state index in [9.17, 15) is 0 Å². The summed E-state index contributed by atoms with van der Waals surface area (Å²) < 4.78 is 5.84. The first-order valence-electron chi connectivity index (χ1n) is 9.56. The summed E-state index contributed by atoms with van der Waals surface area (Å²) in [6.07, 6.45) is 7.16. The molecule has 0 spiro atoms. The van der Waals surface area contributed by atoms with E-state index in [1.165, 1.54) is 28.8 Å². The van der Waals surface area contributed by atoms with Crippen molar-refractivity contribution in [2.45, 2.75) is 57.8 Å². The number of benzene rings is 1. The second kappa shape index (κ2) is 5.94. The average Bonchev–Trinajstić information content (AvgIpc) is 2.61. The Morgan fingerprint density at radius 1 is 1.27 bits per heavy atom. The molecule has 0 saturated heterocycles. The molecule has 1 heterocycles. The summed E-state index contributed by atoms with van der Waals surface area (Å²) in [5, 5.41) is 0. The van der Waals surface area contributed by atoms with Crippen molar-refractivity contribution in [1.82, 2.24) is 9.97 Å². The third kappa shape index (κ3) is 2.48. The maximum Gasteiger partial charge on any atom is 0.125 e. The Morgan fingerprint density at radius 2 is 2.08 bits per heavy atom. The Balaban J connectivity index is 1.85. The molecule has 2 aromatic rings. The van der Waals surface area contributed by atoms with Crippen molar-refractivity contribution in [1.29, 1.82) is 0 Å². The van der Waals surface area contributed by atoms with E-state index in [2.05, 4.69) is 50.5 Å². The molecular weight excluding hydrogens is 320 g/mol. The molecule has 0 bridgehead atoms. The summed E-state index contributed by atoms with van der Waals surface area (Å²) in [5.41, 5.74) is 5.55. The van der Waals surface area contributed by atoms with Crippen molar-refractivity contribution in [3.8, 4) is 5.75 Å². The predicted octanol–water partition coefficient (Wildman–Crippen LogP) is 4.70. The van der Waals surface area contributed by atoms with Crippen molar-refractivity contribution in [2.24, 2.45) is 5.92 Å². The number of rotatable bonds is 3. The van der Waals surface area contributed by atoms with Crippen LogP contribution < -0.4 is 4.74 Å². The molecule has 0 amide bonds. The van der Waals surface area contributed by atoms with E-state index >= 15 is 0 Å². The lowest BCUT2D eigenvalue weighted by molar-refractivity contribution is 0.134. The molecule has 0 fully saturated rings. The van der Waals surface area contributed by atoms with Crippen LogP contribution in [0.5, 0.6) is 5.75 Å². The highest BCUT2D eigenvalue weighted by Gasteiger charge is 2.52. The molecule has 2 aliphatic rings. The predicted molar refractivity (Wildman–Crippen MR) is 105 cm³/mol. The highest BCUT2D eigenvalue weighted by atomic mass is 16.5. The topological polar surface area (TPSA) is 35.0 Å². The zero-order valence-electron chi connectivity index (χ0n) is 16.3. The van der Waals surface area contributed by atoms with Gasteiger partial charge in [0, 0.05) is 17.0 Å². The van der Waals surface area contributed by atoms with Gasteiger partial charge in [0.2, 0.25) is 0 Å². The second-order valence-corrected chi connectivity index (χ2v) is 8.62. The quantitative estimate of drug-likeness (QED) is 0.754. The average molecular weight is 348 g/mol. The second-order valence-electron chi connectivity index (χ2n) is 8.62. The van der Waals surface area contributed by atoms with Gasteiger partial charge < -0.3 is 4.74 Å². The Morgan fingerprint density at radius 3 is 2.85 bits per heavy atom. The maximum atomic E-state index is 5.84. The molecule has 4 rings (SSSR count). The van der Waals surface area contributed by atoms with Gasteiger partial charge in [-0.15, -0.1) is 0 Å². The first-order valence-corrected chi connectivity index (χ1v) is 9.56. The van der Waals surface area contributed by atoms with Crippen LogP contribution in [0.25, 0.3) is 0 Å². The summed E-state index contributed by atoms with van der Waals surface area (Å²) in [4.78, 5) is 9.35. The van der Waals surface area contributed by atoms with E-state index in [0.717, 1.165) is 24.4 Å². The standard InChI is InChI=1S/C23H28N2O/c1-6-11-26-18-9-7-16-8-10-20-22(3,4)21-17(14-24-15(2)25-21)13-23(20,5)19(16)12-18/h6-7,9,12,14,20H,1,8,10-11,13H2,2-5H3/t20?,23-/m1/s1. The molecule has 0 aliphatic heterocycles. The van der Waals surface area contributed by atoms with E-state index in [1.54, 1.807) is 6.08 Å². The lowest BCUT2D eigenvalue weighted by atomic mass is 9.50. The summed E-state index contributed by atoms with van der Waals surface area (Å²) in [6, 6.07) is 6.62. The SMILES string of the molecule is C=CCOc1ccc2c(c1)[C@@]1(C)Cc3cnc(C)nc3C(C)(C)C1CC2. The van der Waals surface area contributed by atoms with Crippen LogP contribution in [0.3, 0.4) is 0 Å². The number of ether oxygens (including phenoxy) is 1. The fourth-order valence-electron chi connectivity index (χ4n) is 5.47. The largest absolute Gasteiger partial charge is 0.490 e. The Labute approximate surface area is 156 Å². The van der Waals surface area contributed by atoms with Crippen LogP contribution >= 0.6 is 0 Å². The molecule has 26 heavy (non-hydrogen) atoms. The van der Waals surface area contributed by atoms with E-state index in [4.69, 9.17) is 9.72 Å². The molecular formula is C23H28N2O. The minimum atomic E-state index is 0.0334. The van der Waals surface area contributed by atoms with E-state index in [-0.39, 0.29) is 10.8 Å². The van der Waals surface area contributed by atoms with Crippen molar-refractivity contribution in [3.63, 3.8) is 0 Å². The van der Waals surface area contributed by atoms with Crippen LogP contribution in [0, 0.1) is 12.8 Å². The van der Waals surface area contributed by atoms with Crippen molar-refractivity contribution in [2.75, 3.05) is 6.61 Å². The van der Waals surface area contributed by atoms with Crippen LogP contribution in [0.15, 0.2) is 37.1 Å². The lowest BCUT2D eigenvalue weighted by Crippen LogP contribution is -2.52. The molecule has 3 heteroatoms. The van der Waals surface area contributed by atoms with Gasteiger partial charge in [0.25, 0.3) is 0 Å². The smallest absolute Gasteiger partial charge is 0.125 e. The van der Waals surface area contributed by atoms with Crippen LogP contribution in [0.1, 0.15) is 55.4 Å². The van der Waals surface area contributed by atoms with Gasteiger partial charge in [-0.05, 0) is 60.9 Å². The summed E-state index contributed by atoms with van der Waals surface area (Å²) in [7, 11) is 0. The molecule has 0 radical (unpaired) electrons. The number of aryl methyl sites for hydroxylation is 2. The molecule has 1 aromatic carbocycles. The van der Waals surface area contributed by atoms with Gasteiger partial charge >= 0.3 is 0 Å². The van der Waals surface area contributed by atoms with Gasteiger partial charge in [0.1, 0.15) is 18.2 Å². The molecule has 0 saturated carbocycles. The highest BCUT2D eigenvalue weighted by Crippen LogP contribution is 2.56. The molecule has 136 valence electrons. The number of hydrogen-bond donors (Lipinski definition) is 0. The van der Waals surface area contributed by atoms with Gasteiger partial charge in [-0.25, -0.2) is 9.97 Å². The van der Waals surface area contributed by atoms with E-state index < -0.39 is 0 Å². The van der Waals surface area contributed by atoms with Gasteiger partial charge in [-0.1, -0.05) is 39.5 Å². The molecule has 3 nitrogen and oxygen atoms in total. The Bertz CT molecular complexity index is 871. The lowest BCUT2D eigenvalue weighted by Gasteiger charge is -2.54. The third-order valence-corrected chi connectivity index (χ3v) is 6.56. The molecule has 2 aliphatic carbocycles. The van der Waals surface area contributed by atoms with Crippen LogP contribution in [0.2, 0.25) is 0 Å². The van der Waals surface area contributed by atoms with Gasteiger partial charge in [0.15, 0.2) is 0 Å². The summed E-state index contributed by atoms with van der Waals surface area (Å²) >= 11 is 0. The van der Waals surface area contributed by atoms with Gasteiger partial charge in [0.05, 0.1) is 5.69 Å². The van der Waals surface area contributed by atoms with Crippen molar-refractivity contribution in [3.05, 3.63) is 65.3 Å². The van der Waals surface area contributed by atoms with Crippen LogP contribution in [0.4, 0.5) is 0 Å². The molecule has 2 atom stereocenters. The fraction of sp³-hybridized carbons (Fsp3) is 0.478. The minimum absolute atomic E-state index is 0.0334. The van der Waals surface area contributed by atoms with Crippen molar-refractivity contribution >= 4 is 0 Å². The molecule has 1 aromatic heterocycles. The first-order chi connectivity index (χ1) is 12.4. The minimum Gasteiger partial charge on any atom is -0.490 e. The zero-order chi connectivity index (χ0) is 18.5. The zero-order valence-corrected chi connectivity index (χ0v) is 16.3. The number of nitrogens with zero attached hydrogens (tertiary/aromatic N) is 2. The van der Waals surface area contributed by atoms with Crippen LogP contribution in [-0.2, 0) is 23.7 Å². The summed E-state index contributed by atoms with van der Waals surface area (Å²) in [6.45, 7) is 13.4. The number of hydrogen-bond acceptors (Lipinski definition) is 3. The normalized spacial score (nSPS) is 25.6. The Kier molecular flexibility index (Phi) is 3.94. The first kappa shape index (κ1) is 17.3. The Hall–Kier alpha value is -2.16. The van der Waals surface area contributed by atoms with Gasteiger partial charge in [-0.2, -0.15) is 0 Å². The summed E-state index contributed by atoms with van der Waals surface area (Å²) in [5.74, 6) is 2.37. The van der Waals surface area contributed by atoms with E-state index in [1.807, 2.05) is 13.1 Å². The monoisotopic (exact) mass is 348 g/mol. The molecule has 1 unspecified atom stereocenters. The number of aromatic nitrogens is 2. The van der Waals surface area contributed by atoms with Crippen LogP contribution in [-0.4, -0.2) is 16.6 Å². The number of fused-ring (bicyclic) bond motifs is 4. The van der Waals surface area contributed by atoms with Gasteiger partial charge in [-0.3, -0.25) is 0 Å². The molecule has 0 N–H and O–H groups in total. The third-order valence-electron chi connectivity index (χ3n) is 6.56.